The van der Waals surface area contributed by atoms with Gasteiger partial charge in [0, 0.05) is 13.0 Å². The summed E-state index contributed by atoms with van der Waals surface area (Å²) in [5.74, 6) is 0.904. The zero-order chi connectivity index (χ0) is 10.2. The van der Waals surface area contributed by atoms with Crippen molar-refractivity contribution in [2.45, 2.75) is 25.7 Å². The number of rotatable bonds is 5. The molecule has 0 aromatic heterocycles. The van der Waals surface area contributed by atoms with Crippen molar-refractivity contribution in [3.05, 3.63) is 0 Å². The van der Waals surface area contributed by atoms with Crippen molar-refractivity contribution >= 4 is 0 Å². The van der Waals surface area contributed by atoms with E-state index in [0.717, 1.165) is 19.0 Å². The van der Waals surface area contributed by atoms with Crippen LogP contribution in [0.5, 0.6) is 0 Å². The molecule has 0 aromatic rings. The topological polar surface area (TPSA) is 39.1 Å². The molecular weight excluding hydrogens is 174 g/mol. The zero-order valence-electron chi connectivity index (χ0n) is 9.13. The van der Waals surface area contributed by atoms with Crippen molar-refractivity contribution in [2.75, 3.05) is 33.2 Å². The second-order valence-electron chi connectivity index (χ2n) is 4.19. The maximum absolute atomic E-state index is 8.35. The van der Waals surface area contributed by atoms with Gasteiger partial charge in [-0.15, -0.1) is 0 Å². The highest BCUT2D eigenvalue weighted by molar-refractivity contribution is 4.72. The van der Waals surface area contributed by atoms with Crippen LogP contribution in [0.15, 0.2) is 0 Å². The summed E-state index contributed by atoms with van der Waals surface area (Å²) in [6.45, 7) is 4.44. The fraction of sp³-hybridized carbons (Fsp3) is 0.909. The van der Waals surface area contributed by atoms with Crippen molar-refractivity contribution in [3.8, 4) is 6.07 Å². The second-order valence-corrected chi connectivity index (χ2v) is 4.19. The van der Waals surface area contributed by atoms with Crippen molar-refractivity contribution in [3.63, 3.8) is 0 Å². The van der Waals surface area contributed by atoms with Gasteiger partial charge < -0.3 is 10.2 Å². The van der Waals surface area contributed by atoms with Gasteiger partial charge in [-0.2, -0.15) is 5.26 Å². The molecule has 1 aliphatic heterocycles. The van der Waals surface area contributed by atoms with Crippen LogP contribution in [0.2, 0.25) is 0 Å². The maximum atomic E-state index is 8.35. The molecule has 0 aromatic carbocycles. The molecule has 0 radical (unpaired) electrons. The van der Waals surface area contributed by atoms with E-state index in [4.69, 9.17) is 5.26 Å². The minimum absolute atomic E-state index is 0.632. The number of nitrogens with one attached hydrogen (secondary N) is 1. The molecular formula is C11H21N3. The largest absolute Gasteiger partial charge is 0.316 e. The van der Waals surface area contributed by atoms with Crippen LogP contribution in [-0.2, 0) is 0 Å². The van der Waals surface area contributed by atoms with E-state index in [-0.39, 0.29) is 0 Å². The predicted molar refractivity (Wildman–Crippen MR) is 57.9 cm³/mol. The highest BCUT2D eigenvalue weighted by atomic mass is 15.1. The molecule has 0 spiro atoms. The molecule has 0 saturated carbocycles. The van der Waals surface area contributed by atoms with Gasteiger partial charge in [-0.1, -0.05) is 0 Å². The number of nitriles is 1. The first-order valence-corrected chi connectivity index (χ1v) is 5.59. The summed E-state index contributed by atoms with van der Waals surface area (Å²) in [5, 5.41) is 11.7. The van der Waals surface area contributed by atoms with Crippen LogP contribution >= 0.6 is 0 Å². The third-order valence-electron chi connectivity index (χ3n) is 2.98. The number of hydrogen-bond donors (Lipinski definition) is 1. The average molecular weight is 195 g/mol. The Morgan fingerprint density at radius 2 is 2.07 bits per heavy atom. The summed E-state index contributed by atoms with van der Waals surface area (Å²) in [7, 11) is 2.20. The summed E-state index contributed by atoms with van der Waals surface area (Å²) in [6, 6.07) is 2.14. The molecule has 1 N–H and O–H groups in total. The smallest absolute Gasteiger partial charge is 0.0635 e. The summed E-state index contributed by atoms with van der Waals surface area (Å²) in [5.41, 5.74) is 0. The van der Waals surface area contributed by atoms with E-state index in [1.807, 2.05) is 0 Å². The Bertz CT molecular complexity index is 177. The molecule has 1 fully saturated rings. The van der Waals surface area contributed by atoms with E-state index < -0.39 is 0 Å². The van der Waals surface area contributed by atoms with Crippen LogP contribution in [-0.4, -0.2) is 38.1 Å². The first-order chi connectivity index (χ1) is 6.83. The van der Waals surface area contributed by atoms with E-state index in [0.29, 0.717) is 6.42 Å². The number of nitrogens with zero attached hydrogens (tertiary/aromatic N) is 2. The van der Waals surface area contributed by atoms with Crippen LogP contribution < -0.4 is 5.32 Å². The van der Waals surface area contributed by atoms with E-state index >= 15 is 0 Å². The molecule has 1 saturated heterocycles. The van der Waals surface area contributed by atoms with Crippen molar-refractivity contribution in [1.82, 2.24) is 10.2 Å². The first kappa shape index (κ1) is 11.5. The van der Waals surface area contributed by atoms with Crippen molar-refractivity contribution in [2.24, 2.45) is 5.92 Å². The Balaban J connectivity index is 1.94. The van der Waals surface area contributed by atoms with Gasteiger partial charge in [0.1, 0.15) is 0 Å². The fourth-order valence-corrected chi connectivity index (χ4v) is 1.93. The fourth-order valence-electron chi connectivity index (χ4n) is 1.93. The molecule has 0 atom stereocenters. The number of hydrogen-bond acceptors (Lipinski definition) is 3. The van der Waals surface area contributed by atoms with E-state index in [1.54, 1.807) is 0 Å². The molecule has 0 bridgehead atoms. The minimum Gasteiger partial charge on any atom is -0.316 e. The maximum Gasteiger partial charge on any atom is 0.0635 e. The Hall–Kier alpha value is -0.590. The van der Waals surface area contributed by atoms with Gasteiger partial charge in [-0.05, 0) is 51.9 Å². The lowest BCUT2D eigenvalue weighted by Crippen LogP contribution is -2.31. The third kappa shape index (κ3) is 4.59. The Morgan fingerprint density at radius 3 is 2.71 bits per heavy atom. The highest BCUT2D eigenvalue weighted by Gasteiger charge is 2.15. The summed E-state index contributed by atoms with van der Waals surface area (Å²) < 4.78 is 0. The normalized spacial score (nSPS) is 19.4. The molecule has 1 aliphatic rings. The van der Waals surface area contributed by atoms with E-state index in [2.05, 4.69) is 23.3 Å². The number of likely N-dealkylation sites (tertiary alicyclic amines) is 1. The van der Waals surface area contributed by atoms with Gasteiger partial charge in [-0.3, -0.25) is 0 Å². The van der Waals surface area contributed by atoms with Crippen LogP contribution in [0, 0.1) is 17.2 Å². The molecule has 1 heterocycles. The lowest BCUT2D eigenvalue weighted by molar-refractivity contribution is 0.212. The summed E-state index contributed by atoms with van der Waals surface area (Å²) in [4.78, 5) is 2.40. The van der Waals surface area contributed by atoms with Gasteiger partial charge in [0.15, 0.2) is 0 Å². The summed E-state index contributed by atoms with van der Waals surface area (Å²) in [6.07, 6.45) is 4.60. The third-order valence-corrected chi connectivity index (χ3v) is 2.98. The van der Waals surface area contributed by atoms with Gasteiger partial charge in [0.05, 0.1) is 6.07 Å². The monoisotopic (exact) mass is 195 g/mol. The second kappa shape index (κ2) is 6.80. The Morgan fingerprint density at radius 1 is 1.36 bits per heavy atom. The van der Waals surface area contributed by atoms with Crippen LogP contribution in [0.25, 0.3) is 0 Å². The van der Waals surface area contributed by atoms with Gasteiger partial charge in [-0.25, -0.2) is 0 Å². The molecule has 0 amide bonds. The highest BCUT2D eigenvalue weighted by Crippen LogP contribution is 2.18. The van der Waals surface area contributed by atoms with Gasteiger partial charge in [0.25, 0.3) is 0 Å². The quantitative estimate of drug-likeness (QED) is 0.670. The summed E-state index contributed by atoms with van der Waals surface area (Å²) >= 11 is 0. The van der Waals surface area contributed by atoms with E-state index in [9.17, 15) is 0 Å². The molecule has 0 aliphatic carbocycles. The van der Waals surface area contributed by atoms with Crippen LogP contribution in [0.3, 0.4) is 0 Å². The predicted octanol–water partition coefficient (Wildman–Crippen LogP) is 1.22. The molecule has 3 nitrogen and oxygen atoms in total. The van der Waals surface area contributed by atoms with Gasteiger partial charge in [0.2, 0.25) is 0 Å². The average Bonchev–Trinajstić information content (AvgIpc) is 2.21. The van der Waals surface area contributed by atoms with Crippen LogP contribution in [0.1, 0.15) is 25.7 Å². The SMILES string of the molecule is CN1CCC(CCNCCC#N)CC1. The Labute approximate surface area is 87.1 Å². The first-order valence-electron chi connectivity index (χ1n) is 5.59. The van der Waals surface area contributed by atoms with Crippen LogP contribution in [0.4, 0.5) is 0 Å². The van der Waals surface area contributed by atoms with Crippen molar-refractivity contribution in [1.29, 1.82) is 5.26 Å². The lowest BCUT2D eigenvalue weighted by atomic mass is 9.94. The van der Waals surface area contributed by atoms with Crippen molar-refractivity contribution < 1.29 is 0 Å². The molecule has 0 unspecified atom stereocenters. The number of piperidine rings is 1. The van der Waals surface area contributed by atoms with E-state index in [1.165, 1.54) is 32.4 Å². The molecule has 80 valence electrons. The lowest BCUT2D eigenvalue weighted by Gasteiger charge is -2.28. The molecule has 3 heteroatoms. The molecule has 14 heavy (non-hydrogen) atoms. The minimum atomic E-state index is 0.632. The standard InChI is InChI=1S/C11H21N3/c1-14-9-4-11(5-10-14)3-8-13-7-2-6-12/h11,13H,2-5,7-10H2,1H3. The molecule has 1 rings (SSSR count). The zero-order valence-corrected chi connectivity index (χ0v) is 9.13. The van der Waals surface area contributed by atoms with Gasteiger partial charge >= 0.3 is 0 Å². The Kier molecular flexibility index (Phi) is 5.58.